The summed E-state index contributed by atoms with van der Waals surface area (Å²) in [5.41, 5.74) is 6.82. The molecular weight excluding hydrogens is 334 g/mol. The van der Waals surface area contributed by atoms with Crippen molar-refractivity contribution in [1.82, 2.24) is 20.6 Å². The second-order valence-electron chi connectivity index (χ2n) is 5.38. The molecule has 1 heterocycles. The van der Waals surface area contributed by atoms with E-state index in [0.717, 1.165) is 11.4 Å². The van der Waals surface area contributed by atoms with Crippen LogP contribution in [0.1, 0.15) is 17.0 Å². The van der Waals surface area contributed by atoms with Crippen molar-refractivity contribution < 1.29 is 23.1 Å². The highest BCUT2D eigenvalue weighted by Crippen LogP contribution is 2.15. The van der Waals surface area contributed by atoms with Crippen molar-refractivity contribution in [3.63, 3.8) is 0 Å². The first-order chi connectivity index (χ1) is 11.8. The minimum absolute atomic E-state index is 0.0114. The Hall–Kier alpha value is -2.97. The van der Waals surface area contributed by atoms with Crippen LogP contribution in [0.5, 0.6) is 5.75 Å². The van der Waals surface area contributed by atoms with Gasteiger partial charge in [0, 0.05) is 5.69 Å². The standard InChI is InChI=1S/C16H18F2N4O3/c1-10-7-11(2)22(21-10)9-15(24)20-19-14(23)8-12-3-5-13(6-4-12)25-16(17)18/h3-7,16H,8-9H2,1-2H3,(H,19,23)(H,20,24). The molecule has 2 aromatic rings. The fourth-order valence-corrected chi connectivity index (χ4v) is 2.17. The molecular formula is C16H18F2N4O3. The first kappa shape index (κ1) is 18.4. The van der Waals surface area contributed by atoms with Crippen LogP contribution in [0.4, 0.5) is 8.78 Å². The average Bonchev–Trinajstić information content (AvgIpc) is 2.84. The quantitative estimate of drug-likeness (QED) is 0.772. The maximum absolute atomic E-state index is 12.1. The lowest BCUT2D eigenvalue weighted by atomic mass is 10.1. The normalized spacial score (nSPS) is 10.6. The molecule has 0 fully saturated rings. The summed E-state index contributed by atoms with van der Waals surface area (Å²) in [6, 6.07) is 7.52. The molecule has 0 unspecified atom stereocenters. The van der Waals surface area contributed by atoms with Gasteiger partial charge < -0.3 is 4.74 Å². The van der Waals surface area contributed by atoms with Crippen molar-refractivity contribution in [3.8, 4) is 5.75 Å². The molecule has 0 aliphatic carbocycles. The molecule has 0 saturated carbocycles. The Morgan fingerprint density at radius 2 is 1.80 bits per heavy atom. The Labute approximate surface area is 142 Å². The highest BCUT2D eigenvalue weighted by Gasteiger charge is 2.09. The molecule has 0 bridgehead atoms. The third kappa shape index (κ3) is 5.87. The van der Waals surface area contributed by atoms with Gasteiger partial charge in [-0.2, -0.15) is 13.9 Å². The maximum atomic E-state index is 12.1. The van der Waals surface area contributed by atoms with Crippen LogP contribution in [-0.4, -0.2) is 28.2 Å². The number of amides is 2. The number of hydrazine groups is 1. The molecule has 2 amide bonds. The second kappa shape index (κ2) is 8.22. The first-order valence-electron chi connectivity index (χ1n) is 7.46. The molecule has 9 heteroatoms. The van der Waals surface area contributed by atoms with Crippen LogP contribution < -0.4 is 15.6 Å². The molecule has 134 valence electrons. The first-order valence-corrected chi connectivity index (χ1v) is 7.46. The maximum Gasteiger partial charge on any atom is 0.387 e. The summed E-state index contributed by atoms with van der Waals surface area (Å²) in [5, 5.41) is 4.15. The summed E-state index contributed by atoms with van der Waals surface area (Å²) >= 11 is 0. The van der Waals surface area contributed by atoms with Crippen LogP contribution >= 0.6 is 0 Å². The lowest BCUT2D eigenvalue weighted by Crippen LogP contribution is -2.44. The fraction of sp³-hybridized carbons (Fsp3) is 0.312. The van der Waals surface area contributed by atoms with E-state index in [9.17, 15) is 18.4 Å². The van der Waals surface area contributed by atoms with Gasteiger partial charge in [0.1, 0.15) is 12.3 Å². The molecule has 0 aliphatic heterocycles. The Morgan fingerprint density at radius 1 is 1.16 bits per heavy atom. The monoisotopic (exact) mass is 352 g/mol. The van der Waals surface area contributed by atoms with Gasteiger partial charge in [-0.1, -0.05) is 12.1 Å². The smallest absolute Gasteiger partial charge is 0.387 e. The van der Waals surface area contributed by atoms with Crippen molar-refractivity contribution in [2.75, 3.05) is 0 Å². The zero-order valence-electron chi connectivity index (χ0n) is 13.8. The second-order valence-corrected chi connectivity index (χ2v) is 5.38. The zero-order valence-corrected chi connectivity index (χ0v) is 13.8. The van der Waals surface area contributed by atoms with Gasteiger partial charge in [-0.3, -0.25) is 25.1 Å². The van der Waals surface area contributed by atoms with Gasteiger partial charge in [-0.25, -0.2) is 0 Å². The Bertz CT molecular complexity index is 744. The van der Waals surface area contributed by atoms with E-state index in [1.807, 2.05) is 19.9 Å². The van der Waals surface area contributed by atoms with E-state index >= 15 is 0 Å². The Kier molecular flexibility index (Phi) is 6.04. The molecule has 0 radical (unpaired) electrons. The number of carbonyl (C=O) groups is 2. The largest absolute Gasteiger partial charge is 0.435 e. The van der Waals surface area contributed by atoms with Crippen LogP contribution in [0.3, 0.4) is 0 Å². The predicted octanol–water partition coefficient (Wildman–Crippen LogP) is 1.49. The van der Waals surface area contributed by atoms with Crippen LogP contribution in [0.2, 0.25) is 0 Å². The average molecular weight is 352 g/mol. The van der Waals surface area contributed by atoms with E-state index in [4.69, 9.17) is 0 Å². The van der Waals surface area contributed by atoms with Gasteiger partial charge in [0.05, 0.1) is 12.1 Å². The van der Waals surface area contributed by atoms with E-state index in [1.165, 1.54) is 28.9 Å². The van der Waals surface area contributed by atoms with E-state index in [-0.39, 0.29) is 18.7 Å². The number of nitrogens with one attached hydrogen (secondary N) is 2. The number of aromatic nitrogens is 2. The minimum Gasteiger partial charge on any atom is -0.435 e. The summed E-state index contributed by atoms with van der Waals surface area (Å²) in [7, 11) is 0. The number of rotatable bonds is 6. The molecule has 0 saturated heterocycles. The summed E-state index contributed by atoms with van der Waals surface area (Å²) in [5.74, 6) is -0.846. The van der Waals surface area contributed by atoms with Crippen molar-refractivity contribution in [2.24, 2.45) is 0 Å². The molecule has 0 spiro atoms. The van der Waals surface area contributed by atoms with Crippen LogP contribution in [0.15, 0.2) is 30.3 Å². The SMILES string of the molecule is Cc1cc(C)n(CC(=O)NNC(=O)Cc2ccc(OC(F)F)cc2)n1. The van der Waals surface area contributed by atoms with E-state index in [1.54, 1.807) is 0 Å². The fourth-order valence-electron chi connectivity index (χ4n) is 2.17. The zero-order chi connectivity index (χ0) is 18.4. The van der Waals surface area contributed by atoms with Gasteiger partial charge in [-0.15, -0.1) is 0 Å². The van der Waals surface area contributed by atoms with E-state index < -0.39 is 18.4 Å². The third-order valence-corrected chi connectivity index (χ3v) is 3.25. The van der Waals surface area contributed by atoms with Crippen LogP contribution in [-0.2, 0) is 22.6 Å². The Morgan fingerprint density at radius 3 is 2.36 bits per heavy atom. The van der Waals surface area contributed by atoms with Gasteiger partial charge in [0.25, 0.3) is 5.91 Å². The molecule has 25 heavy (non-hydrogen) atoms. The molecule has 7 nitrogen and oxygen atoms in total. The van der Waals surface area contributed by atoms with E-state index in [0.29, 0.717) is 5.56 Å². The molecule has 2 N–H and O–H groups in total. The molecule has 2 rings (SSSR count). The molecule has 1 aromatic heterocycles. The number of alkyl halides is 2. The number of benzene rings is 1. The number of halogens is 2. The van der Waals surface area contributed by atoms with Crippen molar-refractivity contribution in [2.45, 2.75) is 33.4 Å². The predicted molar refractivity (Wildman–Crippen MR) is 84.8 cm³/mol. The number of hydrogen-bond donors (Lipinski definition) is 2. The van der Waals surface area contributed by atoms with Gasteiger partial charge in [-0.05, 0) is 37.6 Å². The molecule has 1 aromatic carbocycles. The van der Waals surface area contributed by atoms with Gasteiger partial charge >= 0.3 is 6.61 Å². The van der Waals surface area contributed by atoms with Crippen molar-refractivity contribution in [1.29, 1.82) is 0 Å². The summed E-state index contributed by atoms with van der Waals surface area (Å²) in [6.07, 6.45) is -0.0187. The summed E-state index contributed by atoms with van der Waals surface area (Å²) in [4.78, 5) is 23.6. The molecule has 0 aliphatic rings. The Balaban J connectivity index is 1.78. The van der Waals surface area contributed by atoms with E-state index in [2.05, 4.69) is 20.7 Å². The minimum atomic E-state index is -2.90. The number of nitrogens with zero attached hydrogens (tertiary/aromatic N) is 2. The number of hydrogen-bond acceptors (Lipinski definition) is 4. The number of carbonyl (C=O) groups excluding carboxylic acids is 2. The number of ether oxygens (including phenoxy) is 1. The van der Waals surface area contributed by atoms with Crippen LogP contribution in [0, 0.1) is 13.8 Å². The van der Waals surface area contributed by atoms with Gasteiger partial charge in [0.2, 0.25) is 5.91 Å². The lowest BCUT2D eigenvalue weighted by molar-refractivity contribution is -0.129. The highest BCUT2D eigenvalue weighted by atomic mass is 19.3. The van der Waals surface area contributed by atoms with Crippen molar-refractivity contribution in [3.05, 3.63) is 47.3 Å². The van der Waals surface area contributed by atoms with Gasteiger partial charge in [0.15, 0.2) is 0 Å². The van der Waals surface area contributed by atoms with Crippen LogP contribution in [0.25, 0.3) is 0 Å². The highest BCUT2D eigenvalue weighted by molar-refractivity contribution is 5.83. The summed E-state index contributed by atoms with van der Waals surface area (Å²) in [6.45, 7) is 0.736. The molecule has 0 atom stereocenters. The van der Waals surface area contributed by atoms with Crippen molar-refractivity contribution >= 4 is 11.8 Å². The topological polar surface area (TPSA) is 85.2 Å². The summed E-state index contributed by atoms with van der Waals surface area (Å²) < 4.78 is 29.9. The third-order valence-electron chi connectivity index (χ3n) is 3.25. The number of aryl methyl sites for hydroxylation is 2. The lowest BCUT2D eigenvalue weighted by Gasteiger charge is -2.09.